The number of esters is 1. The number of hydrogen-bond acceptors (Lipinski definition) is 5. The van der Waals surface area contributed by atoms with Crippen LogP contribution in [0.1, 0.15) is 42.3 Å². The number of ether oxygens (including phenoxy) is 1. The van der Waals surface area contributed by atoms with E-state index >= 15 is 0 Å². The fourth-order valence-electron chi connectivity index (χ4n) is 3.05. The lowest BCUT2D eigenvalue weighted by molar-refractivity contribution is -0.110. The van der Waals surface area contributed by atoms with Gasteiger partial charge in [-0.15, -0.1) is 0 Å². The molecule has 0 saturated heterocycles. The Labute approximate surface area is 158 Å². The second-order valence-corrected chi connectivity index (χ2v) is 7.13. The van der Waals surface area contributed by atoms with E-state index in [1.807, 2.05) is 45.0 Å². The Hall–Kier alpha value is -3.12. The molecule has 2 aromatic rings. The minimum absolute atomic E-state index is 0.211. The number of anilines is 2. The highest BCUT2D eigenvalue weighted by Crippen LogP contribution is 2.35. The van der Waals surface area contributed by atoms with Crippen molar-refractivity contribution < 1.29 is 14.3 Å². The summed E-state index contributed by atoms with van der Waals surface area (Å²) in [6, 6.07) is 12.8. The maximum absolute atomic E-state index is 12.5. The van der Waals surface area contributed by atoms with E-state index in [0.717, 1.165) is 22.5 Å². The first kappa shape index (κ1) is 18.7. The van der Waals surface area contributed by atoms with Gasteiger partial charge in [0.15, 0.2) is 0 Å². The highest BCUT2D eigenvalue weighted by Gasteiger charge is 2.27. The number of nitrogens with two attached hydrogens (primary N) is 1. The summed E-state index contributed by atoms with van der Waals surface area (Å²) in [4.78, 5) is 24.1. The molecule has 1 aliphatic heterocycles. The Balaban J connectivity index is 1.90. The van der Waals surface area contributed by atoms with Crippen molar-refractivity contribution in [3.05, 3.63) is 64.9 Å². The lowest BCUT2D eigenvalue weighted by Crippen LogP contribution is -2.28. The Bertz CT molecular complexity index is 938. The fraction of sp³-hybridized carbons (Fsp3) is 0.238. The smallest absolute Gasteiger partial charge is 0.337 e. The first-order valence-electron chi connectivity index (χ1n) is 8.62. The molecular weight excluding hydrogens is 342 g/mol. The second kappa shape index (κ2) is 6.89. The monoisotopic (exact) mass is 365 g/mol. The van der Waals surface area contributed by atoms with Gasteiger partial charge in [0.25, 0.3) is 5.91 Å². The van der Waals surface area contributed by atoms with Crippen molar-refractivity contribution in [3.63, 3.8) is 0 Å². The normalized spacial score (nSPS) is 15.1. The molecule has 1 amide bonds. The summed E-state index contributed by atoms with van der Waals surface area (Å²) >= 11 is 0. The van der Waals surface area contributed by atoms with E-state index in [9.17, 15) is 9.59 Å². The quantitative estimate of drug-likeness (QED) is 0.570. The highest BCUT2D eigenvalue weighted by atomic mass is 16.5. The van der Waals surface area contributed by atoms with Gasteiger partial charge in [0, 0.05) is 22.5 Å². The standard InChI is InChI=1S/C21H23N3O3/c1-12(23-15-8-6-14(7-9-15)21(2,3)22)18-16-10-5-13(20(26)27-4)11-17(16)24-19(18)25/h5-11,23H,22H2,1-4H3,(H,24,25). The molecule has 0 saturated carbocycles. The topological polar surface area (TPSA) is 93.4 Å². The van der Waals surface area contributed by atoms with Crippen LogP contribution in [0.2, 0.25) is 0 Å². The lowest BCUT2D eigenvalue weighted by atomic mass is 9.95. The van der Waals surface area contributed by atoms with E-state index in [1.54, 1.807) is 18.2 Å². The zero-order valence-electron chi connectivity index (χ0n) is 15.8. The van der Waals surface area contributed by atoms with E-state index in [4.69, 9.17) is 10.5 Å². The Morgan fingerprint density at radius 1 is 1.15 bits per heavy atom. The molecular formula is C21H23N3O3. The van der Waals surface area contributed by atoms with Gasteiger partial charge in [0.1, 0.15) is 0 Å². The molecule has 0 unspecified atom stereocenters. The van der Waals surface area contributed by atoms with Gasteiger partial charge < -0.3 is 21.1 Å². The molecule has 0 radical (unpaired) electrons. The predicted molar refractivity (Wildman–Crippen MR) is 106 cm³/mol. The van der Waals surface area contributed by atoms with Crippen molar-refractivity contribution in [3.8, 4) is 0 Å². The molecule has 140 valence electrons. The van der Waals surface area contributed by atoms with Crippen LogP contribution >= 0.6 is 0 Å². The van der Waals surface area contributed by atoms with Crippen LogP contribution in [-0.2, 0) is 15.1 Å². The van der Waals surface area contributed by atoms with Crippen LogP contribution in [-0.4, -0.2) is 19.0 Å². The molecule has 3 rings (SSSR count). The Morgan fingerprint density at radius 3 is 2.41 bits per heavy atom. The molecule has 0 aliphatic carbocycles. The molecule has 6 heteroatoms. The van der Waals surface area contributed by atoms with Crippen molar-refractivity contribution in [2.75, 3.05) is 17.7 Å². The van der Waals surface area contributed by atoms with E-state index in [2.05, 4.69) is 10.6 Å². The summed E-state index contributed by atoms with van der Waals surface area (Å²) in [6.45, 7) is 5.75. The number of rotatable bonds is 4. The van der Waals surface area contributed by atoms with Gasteiger partial charge in [-0.3, -0.25) is 4.79 Å². The molecule has 6 nitrogen and oxygen atoms in total. The largest absolute Gasteiger partial charge is 0.465 e. The van der Waals surface area contributed by atoms with E-state index in [-0.39, 0.29) is 5.91 Å². The van der Waals surface area contributed by atoms with Gasteiger partial charge in [-0.1, -0.05) is 18.2 Å². The first-order chi connectivity index (χ1) is 12.7. The molecule has 27 heavy (non-hydrogen) atoms. The number of carbonyl (C=O) groups excluding carboxylic acids is 2. The summed E-state index contributed by atoms with van der Waals surface area (Å²) in [7, 11) is 1.32. The molecule has 1 aliphatic rings. The third-order valence-corrected chi connectivity index (χ3v) is 4.52. The first-order valence-corrected chi connectivity index (χ1v) is 8.62. The van der Waals surface area contributed by atoms with Gasteiger partial charge >= 0.3 is 5.97 Å². The second-order valence-electron chi connectivity index (χ2n) is 7.13. The summed E-state index contributed by atoms with van der Waals surface area (Å²) in [5, 5.41) is 6.07. The number of hydrogen-bond donors (Lipinski definition) is 3. The minimum atomic E-state index is -0.442. The highest BCUT2D eigenvalue weighted by molar-refractivity contribution is 6.32. The molecule has 2 aromatic carbocycles. The molecule has 0 atom stereocenters. The number of fused-ring (bicyclic) bond motifs is 1. The third-order valence-electron chi connectivity index (χ3n) is 4.52. The molecule has 4 N–H and O–H groups in total. The van der Waals surface area contributed by atoms with Crippen molar-refractivity contribution >= 4 is 28.8 Å². The van der Waals surface area contributed by atoms with Crippen molar-refractivity contribution in [2.24, 2.45) is 5.73 Å². The zero-order chi connectivity index (χ0) is 19.8. The van der Waals surface area contributed by atoms with Crippen LogP contribution in [0.15, 0.2) is 48.2 Å². The minimum Gasteiger partial charge on any atom is -0.465 e. The van der Waals surface area contributed by atoms with Crippen LogP contribution in [0.4, 0.5) is 11.4 Å². The molecule has 0 bridgehead atoms. The molecule has 0 spiro atoms. The van der Waals surface area contributed by atoms with Crippen LogP contribution in [0.3, 0.4) is 0 Å². The summed E-state index contributed by atoms with van der Waals surface area (Å²) in [6.07, 6.45) is 0. The van der Waals surface area contributed by atoms with Crippen LogP contribution in [0.25, 0.3) is 5.57 Å². The number of benzene rings is 2. The summed E-state index contributed by atoms with van der Waals surface area (Å²) in [5.41, 5.74) is 10.6. The average Bonchev–Trinajstić information content (AvgIpc) is 2.95. The molecule has 0 aromatic heterocycles. The fourth-order valence-corrected chi connectivity index (χ4v) is 3.05. The summed E-state index contributed by atoms with van der Waals surface area (Å²) in [5.74, 6) is -0.654. The Morgan fingerprint density at radius 2 is 1.81 bits per heavy atom. The predicted octanol–water partition coefficient (Wildman–Crippen LogP) is 3.46. The van der Waals surface area contributed by atoms with Gasteiger partial charge in [0.05, 0.1) is 23.9 Å². The van der Waals surface area contributed by atoms with Crippen LogP contribution in [0.5, 0.6) is 0 Å². The SMILES string of the molecule is COC(=O)c1ccc2c(c1)NC(=O)C2=C(C)Nc1ccc(C(C)(C)N)cc1. The van der Waals surface area contributed by atoms with E-state index in [1.165, 1.54) is 7.11 Å². The van der Waals surface area contributed by atoms with Crippen molar-refractivity contribution in [2.45, 2.75) is 26.3 Å². The lowest BCUT2D eigenvalue weighted by Gasteiger charge is -2.19. The average molecular weight is 365 g/mol. The third kappa shape index (κ3) is 3.71. The maximum atomic E-state index is 12.5. The maximum Gasteiger partial charge on any atom is 0.337 e. The van der Waals surface area contributed by atoms with Crippen LogP contribution in [0, 0.1) is 0 Å². The van der Waals surface area contributed by atoms with Crippen molar-refractivity contribution in [1.82, 2.24) is 0 Å². The number of methoxy groups -OCH3 is 1. The number of allylic oxidation sites excluding steroid dienone is 1. The molecule has 1 heterocycles. The van der Waals surface area contributed by atoms with Gasteiger partial charge in [0.2, 0.25) is 0 Å². The van der Waals surface area contributed by atoms with Crippen molar-refractivity contribution in [1.29, 1.82) is 0 Å². The Kier molecular flexibility index (Phi) is 4.76. The van der Waals surface area contributed by atoms with E-state index in [0.29, 0.717) is 16.8 Å². The van der Waals surface area contributed by atoms with Crippen LogP contribution < -0.4 is 16.4 Å². The van der Waals surface area contributed by atoms with E-state index < -0.39 is 11.5 Å². The number of amides is 1. The van der Waals surface area contributed by atoms with Gasteiger partial charge in [-0.2, -0.15) is 0 Å². The molecule has 0 fully saturated rings. The number of nitrogens with one attached hydrogen (secondary N) is 2. The van der Waals surface area contributed by atoms with Gasteiger partial charge in [-0.25, -0.2) is 4.79 Å². The van der Waals surface area contributed by atoms with Gasteiger partial charge in [-0.05, 0) is 50.6 Å². The summed E-state index contributed by atoms with van der Waals surface area (Å²) < 4.78 is 4.72. The number of carbonyl (C=O) groups is 2. The zero-order valence-corrected chi connectivity index (χ0v) is 15.8.